The molecule has 1 N–H and O–H groups in total. The molecule has 3 heteroatoms. The third-order valence-corrected chi connectivity index (χ3v) is 2.57. The van der Waals surface area contributed by atoms with Crippen molar-refractivity contribution < 1.29 is 13.9 Å². The van der Waals surface area contributed by atoms with Crippen LogP contribution in [0.1, 0.15) is 24.8 Å². The lowest BCUT2D eigenvalue weighted by atomic mass is 9.92. The molecule has 80 valence electrons. The van der Waals surface area contributed by atoms with E-state index in [0.29, 0.717) is 5.56 Å². The highest BCUT2D eigenvalue weighted by atomic mass is 19.1. The van der Waals surface area contributed by atoms with Gasteiger partial charge in [0, 0.05) is 6.07 Å². The summed E-state index contributed by atoms with van der Waals surface area (Å²) in [6, 6.07) is 3.45. The van der Waals surface area contributed by atoms with Crippen molar-refractivity contribution in [1.82, 2.24) is 0 Å². The van der Waals surface area contributed by atoms with Gasteiger partial charge in [0.1, 0.15) is 11.6 Å². The number of rotatable bonds is 1. The van der Waals surface area contributed by atoms with Crippen LogP contribution in [0.5, 0.6) is 0 Å². The van der Waals surface area contributed by atoms with Crippen LogP contribution >= 0.6 is 0 Å². The van der Waals surface area contributed by atoms with E-state index in [0.717, 1.165) is 30.9 Å². The number of hydrogen-bond donors (Lipinski definition) is 1. The SMILES string of the molecule is OC1C=C(c2cc(F)cc(F)c2)CCC1. The van der Waals surface area contributed by atoms with Crippen LogP contribution < -0.4 is 0 Å². The molecule has 0 bridgehead atoms. The van der Waals surface area contributed by atoms with Crippen molar-refractivity contribution in [3.63, 3.8) is 0 Å². The maximum Gasteiger partial charge on any atom is 0.126 e. The molecule has 0 radical (unpaired) electrons. The number of halogens is 2. The van der Waals surface area contributed by atoms with E-state index in [4.69, 9.17) is 0 Å². The number of allylic oxidation sites excluding steroid dienone is 1. The zero-order valence-corrected chi connectivity index (χ0v) is 8.21. The predicted molar refractivity (Wildman–Crippen MR) is 54.2 cm³/mol. The second kappa shape index (κ2) is 4.11. The largest absolute Gasteiger partial charge is 0.389 e. The first kappa shape index (κ1) is 10.3. The van der Waals surface area contributed by atoms with Gasteiger partial charge < -0.3 is 5.11 Å². The van der Waals surface area contributed by atoms with Crippen LogP contribution in [0.3, 0.4) is 0 Å². The summed E-state index contributed by atoms with van der Waals surface area (Å²) in [7, 11) is 0. The lowest BCUT2D eigenvalue weighted by Crippen LogP contribution is -2.08. The monoisotopic (exact) mass is 210 g/mol. The Morgan fingerprint density at radius 3 is 2.40 bits per heavy atom. The fourth-order valence-electron chi connectivity index (χ4n) is 1.88. The van der Waals surface area contributed by atoms with E-state index >= 15 is 0 Å². The Morgan fingerprint density at radius 2 is 1.80 bits per heavy atom. The molecule has 1 aliphatic carbocycles. The van der Waals surface area contributed by atoms with E-state index in [1.807, 2.05) is 0 Å². The summed E-state index contributed by atoms with van der Waals surface area (Å²) >= 11 is 0. The van der Waals surface area contributed by atoms with Crippen LogP contribution in [0.15, 0.2) is 24.3 Å². The van der Waals surface area contributed by atoms with Gasteiger partial charge in [0.15, 0.2) is 0 Å². The van der Waals surface area contributed by atoms with Crippen molar-refractivity contribution in [2.75, 3.05) is 0 Å². The molecule has 1 unspecified atom stereocenters. The minimum Gasteiger partial charge on any atom is -0.389 e. The van der Waals surface area contributed by atoms with Gasteiger partial charge in [-0.25, -0.2) is 8.78 Å². The van der Waals surface area contributed by atoms with Crippen molar-refractivity contribution in [2.24, 2.45) is 0 Å². The number of hydrogen-bond acceptors (Lipinski definition) is 1. The number of aliphatic hydroxyl groups is 1. The highest BCUT2D eigenvalue weighted by Crippen LogP contribution is 2.27. The Balaban J connectivity index is 2.36. The molecule has 1 aromatic carbocycles. The average Bonchev–Trinajstić information content (AvgIpc) is 2.16. The molecule has 0 heterocycles. The molecule has 0 aliphatic heterocycles. The van der Waals surface area contributed by atoms with Crippen LogP contribution in [0, 0.1) is 11.6 Å². The quantitative estimate of drug-likeness (QED) is 0.755. The zero-order valence-electron chi connectivity index (χ0n) is 8.21. The van der Waals surface area contributed by atoms with Gasteiger partial charge in [-0.3, -0.25) is 0 Å². The topological polar surface area (TPSA) is 20.2 Å². The van der Waals surface area contributed by atoms with Gasteiger partial charge in [0.25, 0.3) is 0 Å². The molecule has 0 amide bonds. The number of benzene rings is 1. The van der Waals surface area contributed by atoms with Crippen LogP contribution in [0.2, 0.25) is 0 Å². The van der Waals surface area contributed by atoms with Gasteiger partial charge in [0.05, 0.1) is 6.10 Å². The average molecular weight is 210 g/mol. The lowest BCUT2D eigenvalue weighted by molar-refractivity contribution is 0.206. The van der Waals surface area contributed by atoms with E-state index in [-0.39, 0.29) is 0 Å². The lowest BCUT2D eigenvalue weighted by Gasteiger charge is -2.17. The van der Waals surface area contributed by atoms with Gasteiger partial charge in [-0.05, 0) is 42.5 Å². The van der Waals surface area contributed by atoms with Crippen LogP contribution in [0.4, 0.5) is 8.78 Å². The smallest absolute Gasteiger partial charge is 0.126 e. The minimum absolute atomic E-state index is 0.486. The Kier molecular flexibility index (Phi) is 2.82. The molecule has 1 aromatic rings. The van der Waals surface area contributed by atoms with Crippen LogP contribution in [0.25, 0.3) is 5.57 Å². The second-order valence-corrected chi connectivity index (χ2v) is 3.81. The normalized spacial score (nSPS) is 21.3. The van der Waals surface area contributed by atoms with Crippen molar-refractivity contribution in [2.45, 2.75) is 25.4 Å². The molecule has 0 saturated heterocycles. The van der Waals surface area contributed by atoms with Crippen molar-refractivity contribution >= 4 is 5.57 Å². The van der Waals surface area contributed by atoms with Gasteiger partial charge >= 0.3 is 0 Å². The molecular formula is C12H12F2O. The van der Waals surface area contributed by atoms with Crippen LogP contribution in [-0.4, -0.2) is 11.2 Å². The summed E-state index contributed by atoms with van der Waals surface area (Å²) in [5, 5.41) is 9.42. The molecule has 1 atom stereocenters. The van der Waals surface area contributed by atoms with Gasteiger partial charge in [-0.2, -0.15) is 0 Å². The van der Waals surface area contributed by atoms with Gasteiger partial charge in [0.2, 0.25) is 0 Å². The fourth-order valence-corrected chi connectivity index (χ4v) is 1.88. The molecule has 15 heavy (non-hydrogen) atoms. The molecule has 1 aliphatic rings. The van der Waals surface area contributed by atoms with Gasteiger partial charge in [-0.15, -0.1) is 0 Å². The highest BCUT2D eigenvalue weighted by Gasteiger charge is 2.13. The molecule has 0 fully saturated rings. The summed E-state index contributed by atoms with van der Waals surface area (Å²) in [5.41, 5.74) is 1.36. The Morgan fingerprint density at radius 1 is 1.13 bits per heavy atom. The molecule has 0 spiro atoms. The fraction of sp³-hybridized carbons (Fsp3) is 0.333. The third-order valence-electron chi connectivity index (χ3n) is 2.57. The summed E-state index contributed by atoms with van der Waals surface area (Å²) in [6.45, 7) is 0. The molecule has 0 saturated carbocycles. The van der Waals surface area contributed by atoms with E-state index in [9.17, 15) is 13.9 Å². The maximum atomic E-state index is 13.0. The first-order valence-corrected chi connectivity index (χ1v) is 5.00. The van der Waals surface area contributed by atoms with Crippen molar-refractivity contribution in [1.29, 1.82) is 0 Å². The van der Waals surface area contributed by atoms with E-state index in [2.05, 4.69) is 0 Å². The van der Waals surface area contributed by atoms with E-state index in [1.165, 1.54) is 12.1 Å². The molecule has 0 aromatic heterocycles. The predicted octanol–water partition coefficient (Wildman–Crippen LogP) is 2.89. The highest BCUT2D eigenvalue weighted by molar-refractivity contribution is 5.66. The Hall–Kier alpha value is -1.22. The minimum atomic E-state index is -0.578. The summed E-state index contributed by atoms with van der Waals surface area (Å²) in [5.74, 6) is -1.16. The summed E-state index contributed by atoms with van der Waals surface area (Å²) in [6.07, 6.45) is 3.53. The third kappa shape index (κ3) is 2.42. The Bertz CT molecular complexity index is 378. The Labute approximate surface area is 87.1 Å². The second-order valence-electron chi connectivity index (χ2n) is 3.81. The molecule has 2 rings (SSSR count). The molecule has 1 nitrogen and oxygen atoms in total. The molecular weight excluding hydrogens is 198 g/mol. The van der Waals surface area contributed by atoms with E-state index in [1.54, 1.807) is 6.08 Å². The first-order chi connectivity index (χ1) is 7.15. The summed E-state index contributed by atoms with van der Waals surface area (Å²) < 4.78 is 25.9. The standard InChI is InChI=1S/C12H12F2O/c13-10-4-9(5-11(14)7-10)8-2-1-3-12(15)6-8/h4-7,12,15H,1-3H2. The van der Waals surface area contributed by atoms with Crippen molar-refractivity contribution in [3.05, 3.63) is 41.5 Å². The van der Waals surface area contributed by atoms with Crippen LogP contribution in [-0.2, 0) is 0 Å². The summed E-state index contributed by atoms with van der Waals surface area (Å²) in [4.78, 5) is 0. The maximum absolute atomic E-state index is 13.0. The van der Waals surface area contributed by atoms with Crippen molar-refractivity contribution in [3.8, 4) is 0 Å². The zero-order chi connectivity index (χ0) is 10.8. The van der Waals surface area contributed by atoms with Gasteiger partial charge in [-0.1, -0.05) is 6.08 Å². The first-order valence-electron chi connectivity index (χ1n) is 5.00. The van der Waals surface area contributed by atoms with E-state index < -0.39 is 17.7 Å². The number of aliphatic hydroxyl groups excluding tert-OH is 1.